The van der Waals surface area contributed by atoms with Crippen LogP contribution in [0.4, 0.5) is 11.4 Å². The number of nitrogens with one attached hydrogen (secondary N) is 1. The van der Waals surface area contributed by atoms with Gasteiger partial charge in [-0.15, -0.1) is 0 Å². The molecule has 1 aliphatic heterocycles. The van der Waals surface area contributed by atoms with Crippen molar-refractivity contribution < 1.29 is 4.79 Å². The van der Waals surface area contributed by atoms with Gasteiger partial charge in [0.15, 0.2) is 0 Å². The molecule has 0 radical (unpaired) electrons. The summed E-state index contributed by atoms with van der Waals surface area (Å²) in [5.74, 6) is -0.108. The number of rotatable bonds is 3. The van der Waals surface area contributed by atoms with Crippen LogP contribution in [0.15, 0.2) is 48.8 Å². The zero-order valence-corrected chi connectivity index (χ0v) is 12.0. The topological polar surface area (TPSA) is 45.2 Å². The molecular formula is C17H19N3O. The van der Waals surface area contributed by atoms with Crippen molar-refractivity contribution in [3.8, 4) is 0 Å². The summed E-state index contributed by atoms with van der Waals surface area (Å²) in [5, 5.41) is 2.90. The molecule has 2 aromatic rings. The monoisotopic (exact) mass is 281 g/mol. The summed E-state index contributed by atoms with van der Waals surface area (Å²) in [6.07, 6.45) is 7.10. The highest BCUT2D eigenvalue weighted by atomic mass is 16.1. The maximum atomic E-state index is 12.1. The lowest BCUT2D eigenvalue weighted by atomic mass is 10.1. The van der Waals surface area contributed by atoms with Crippen LogP contribution in [0.1, 0.15) is 29.6 Å². The fourth-order valence-corrected chi connectivity index (χ4v) is 2.61. The molecule has 4 heteroatoms. The minimum atomic E-state index is -0.108. The van der Waals surface area contributed by atoms with Crippen LogP contribution in [0.25, 0.3) is 0 Å². The number of carbonyl (C=O) groups is 1. The highest BCUT2D eigenvalue weighted by Gasteiger charge is 2.11. The van der Waals surface area contributed by atoms with E-state index in [1.165, 1.54) is 24.9 Å². The van der Waals surface area contributed by atoms with E-state index in [2.05, 4.69) is 27.3 Å². The van der Waals surface area contributed by atoms with Crippen molar-refractivity contribution in [2.75, 3.05) is 23.3 Å². The molecule has 0 bridgehead atoms. The van der Waals surface area contributed by atoms with Crippen molar-refractivity contribution >= 4 is 17.3 Å². The SMILES string of the molecule is O=C(Nc1ccc(N2CCCCC2)cc1)c1ccncc1. The number of hydrogen-bond donors (Lipinski definition) is 1. The van der Waals surface area contributed by atoms with Gasteiger partial charge in [0.1, 0.15) is 0 Å². The van der Waals surface area contributed by atoms with E-state index in [1.807, 2.05) is 12.1 Å². The molecule has 0 unspecified atom stereocenters. The third-order valence-electron chi connectivity index (χ3n) is 3.79. The van der Waals surface area contributed by atoms with Crippen molar-refractivity contribution in [3.63, 3.8) is 0 Å². The molecule has 4 nitrogen and oxygen atoms in total. The number of carbonyl (C=O) groups excluding carboxylic acids is 1. The van der Waals surface area contributed by atoms with Gasteiger partial charge in [-0.3, -0.25) is 9.78 Å². The van der Waals surface area contributed by atoms with Crippen LogP contribution in [0.2, 0.25) is 0 Å². The molecular weight excluding hydrogens is 262 g/mol. The smallest absolute Gasteiger partial charge is 0.255 e. The molecule has 1 fully saturated rings. The van der Waals surface area contributed by atoms with Gasteiger partial charge >= 0.3 is 0 Å². The second-order valence-electron chi connectivity index (χ2n) is 5.28. The maximum absolute atomic E-state index is 12.1. The number of hydrogen-bond acceptors (Lipinski definition) is 3. The first-order valence-corrected chi connectivity index (χ1v) is 7.39. The highest BCUT2D eigenvalue weighted by Crippen LogP contribution is 2.22. The summed E-state index contributed by atoms with van der Waals surface area (Å²) in [5.41, 5.74) is 2.67. The zero-order valence-electron chi connectivity index (χ0n) is 12.0. The summed E-state index contributed by atoms with van der Waals surface area (Å²) in [7, 11) is 0. The highest BCUT2D eigenvalue weighted by molar-refractivity contribution is 6.04. The Morgan fingerprint density at radius 1 is 0.952 bits per heavy atom. The van der Waals surface area contributed by atoms with Crippen molar-refractivity contribution in [1.82, 2.24) is 4.98 Å². The summed E-state index contributed by atoms with van der Waals surface area (Å²) in [6, 6.07) is 11.5. The number of pyridine rings is 1. The van der Waals surface area contributed by atoms with Crippen LogP contribution in [0.3, 0.4) is 0 Å². The Balaban J connectivity index is 1.65. The minimum absolute atomic E-state index is 0.108. The standard InChI is InChI=1S/C17H19N3O/c21-17(14-8-10-18-11-9-14)19-15-4-6-16(7-5-15)20-12-2-1-3-13-20/h4-11H,1-3,12-13H2,(H,19,21). The largest absolute Gasteiger partial charge is 0.372 e. The van der Waals surface area contributed by atoms with E-state index in [0.29, 0.717) is 5.56 Å². The first-order valence-electron chi connectivity index (χ1n) is 7.39. The van der Waals surface area contributed by atoms with Crippen LogP contribution in [0.5, 0.6) is 0 Å². The van der Waals surface area contributed by atoms with Crippen LogP contribution in [-0.2, 0) is 0 Å². The van der Waals surface area contributed by atoms with Crippen molar-refractivity contribution in [3.05, 3.63) is 54.4 Å². The van der Waals surface area contributed by atoms with Gasteiger partial charge in [0.2, 0.25) is 0 Å². The van der Waals surface area contributed by atoms with Gasteiger partial charge in [-0.25, -0.2) is 0 Å². The van der Waals surface area contributed by atoms with E-state index in [1.54, 1.807) is 24.5 Å². The van der Waals surface area contributed by atoms with E-state index in [0.717, 1.165) is 18.8 Å². The Labute approximate surface area is 124 Å². The second-order valence-corrected chi connectivity index (χ2v) is 5.28. The van der Waals surface area contributed by atoms with E-state index < -0.39 is 0 Å². The van der Waals surface area contributed by atoms with Gasteiger partial charge in [0.05, 0.1) is 0 Å². The summed E-state index contributed by atoms with van der Waals surface area (Å²) >= 11 is 0. The van der Waals surface area contributed by atoms with Crippen LogP contribution < -0.4 is 10.2 Å². The van der Waals surface area contributed by atoms with Crippen molar-refractivity contribution in [2.45, 2.75) is 19.3 Å². The van der Waals surface area contributed by atoms with Gasteiger partial charge in [0.25, 0.3) is 5.91 Å². The first-order chi connectivity index (χ1) is 10.3. The quantitative estimate of drug-likeness (QED) is 0.938. The number of piperidine rings is 1. The number of aromatic nitrogens is 1. The van der Waals surface area contributed by atoms with E-state index in [-0.39, 0.29) is 5.91 Å². The Morgan fingerprint density at radius 2 is 1.62 bits per heavy atom. The van der Waals surface area contributed by atoms with Crippen LogP contribution in [-0.4, -0.2) is 24.0 Å². The molecule has 0 aliphatic carbocycles. The van der Waals surface area contributed by atoms with Gasteiger partial charge < -0.3 is 10.2 Å². The fourth-order valence-electron chi connectivity index (χ4n) is 2.61. The third kappa shape index (κ3) is 3.40. The molecule has 0 spiro atoms. The molecule has 2 heterocycles. The number of nitrogens with zero attached hydrogens (tertiary/aromatic N) is 2. The fraction of sp³-hybridized carbons (Fsp3) is 0.294. The predicted octanol–water partition coefficient (Wildman–Crippen LogP) is 3.32. The summed E-state index contributed by atoms with van der Waals surface area (Å²) in [6.45, 7) is 2.26. The molecule has 1 saturated heterocycles. The average Bonchev–Trinajstić information content (AvgIpc) is 2.57. The Hall–Kier alpha value is -2.36. The first kappa shape index (κ1) is 13.6. The molecule has 21 heavy (non-hydrogen) atoms. The molecule has 1 N–H and O–H groups in total. The molecule has 1 aromatic heterocycles. The number of benzene rings is 1. The predicted molar refractivity (Wildman–Crippen MR) is 84.7 cm³/mol. The lowest BCUT2D eigenvalue weighted by molar-refractivity contribution is 0.102. The Bertz CT molecular complexity index is 589. The average molecular weight is 281 g/mol. The van der Waals surface area contributed by atoms with E-state index >= 15 is 0 Å². The second kappa shape index (κ2) is 6.39. The molecule has 108 valence electrons. The lowest BCUT2D eigenvalue weighted by Crippen LogP contribution is -2.29. The van der Waals surface area contributed by atoms with Gasteiger partial charge in [-0.05, 0) is 55.7 Å². The molecule has 1 aromatic carbocycles. The van der Waals surface area contributed by atoms with E-state index in [9.17, 15) is 4.79 Å². The Morgan fingerprint density at radius 3 is 2.29 bits per heavy atom. The Kier molecular flexibility index (Phi) is 4.15. The van der Waals surface area contributed by atoms with Crippen LogP contribution >= 0.6 is 0 Å². The number of amides is 1. The summed E-state index contributed by atoms with van der Waals surface area (Å²) < 4.78 is 0. The van der Waals surface area contributed by atoms with Crippen molar-refractivity contribution in [1.29, 1.82) is 0 Å². The molecule has 0 saturated carbocycles. The normalized spacial score (nSPS) is 14.8. The molecule has 1 amide bonds. The van der Waals surface area contributed by atoms with Gasteiger partial charge in [-0.2, -0.15) is 0 Å². The minimum Gasteiger partial charge on any atom is -0.372 e. The summed E-state index contributed by atoms with van der Waals surface area (Å²) in [4.78, 5) is 18.4. The maximum Gasteiger partial charge on any atom is 0.255 e. The van der Waals surface area contributed by atoms with Gasteiger partial charge in [-0.1, -0.05) is 0 Å². The van der Waals surface area contributed by atoms with Gasteiger partial charge in [0, 0.05) is 42.4 Å². The van der Waals surface area contributed by atoms with Crippen molar-refractivity contribution in [2.24, 2.45) is 0 Å². The molecule has 0 atom stereocenters. The lowest BCUT2D eigenvalue weighted by Gasteiger charge is -2.28. The zero-order chi connectivity index (χ0) is 14.5. The van der Waals surface area contributed by atoms with E-state index in [4.69, 9.17) is 0 Å². The molecule has 3 rings (SSSR count). The number of anilines is 2. The third-order valence-corrected chi connectivity index (χ3v) is 3.79. The van der Waals surface area contributed by atoms with Crippen LogP contribution in [0, 0.1) is 0 Å². The molecule has 1 aliphatic rings.